The van der Waals surface area contributed by atoms with Crippen molar-refractivity contribution in [2.75, 3.05) is 0 Å². The number of imidazole rings is 1. The van der Waals surface area contributed by atoms with Crippen LogP contribution in [0, 0.1) is 0 Å². The van der Waals surface area contributed by atoms with Gasteiger partial charge in [-0.1, -0.05) is 29.5 Å². The molecule has 0 unspecified atom stereocenters. The number of para-hydroxylation sites is 2. The maximum absolute atomic E-state index is 12.4. The molecule has 4 rings (SSSR count). The fourth-order valence-electron chi connectivity index (χ4n) is 2.24. The molecule has 0 fully saturated rings. The van der Waals surface area contributed by atoms with Gasteiger partial charge in [0.2, 0.25) is 0 Å². The molecule has 4 nitrogen and oxygen atoms in total. The number of nitrogens with zero attached hydrogens (tertiary/aromatic N) is 2. The average molecular weight is 294 g/mol. The Balaban J connectivity index is 1.87. The van der Waals surface area contributed by atoms with Crippen molar-refractivity contribution in [2.45, 2.75) is 0 Å². The number of aromatic nitrogens is 2. The van der Waals surface area contributed by atoms with E-state index in [1.165, 1.54) is 11.3 Å². The maximum Gasteiger partial charge on any atom is 0.274 e. The fraction of sp³-hybridized carbons (Fsp3) is 0. The van der Waals surface area contributed by atoms with Crippen LogP contribution in [0.2, 0.25) is 0 Å². The van der Waals surface area contributed by atoms with Crippen LogP contribution >= 0.6 is 11.3 Å². The highest BCUT2D eigenvalue weighted by Crippen LogP contribution is 2.15. The summed E-state index contributed by atoms with van der Waals surface area (Å²) in [6, 6.07) is 11.3. The van der Waals surface area contributed by atoms with E-state index in [-0.39, 0.29) is 5.56 Å². The first-order chi connectivity index (χ1) is 10.3. The normalized spacial score (nSPS) is 13.0. The van der Waals surface area contributed by atoms with Crippen LogP contribution in [0.15, 0.2) is 57.9 Å². The largest absolute Gasteiger partial charge is 0.465 e. The molecule has 0 saturated carbocycles. The quantitative estimate of drug-likeness (QED) is 0.571. The van der Waals surface area contributed by atoms with Gasteiger partial charge in [0.15, 0.2) is 4.96 Å². The van der Waals surface area contributed by atoms with Crippen LogP contribution in [-0.4, -0.2) is 9.38 Å². The summed E-state index contributed by atoms with van der Waals surface area (Å²) >= 11 is 1.39. The summed E-state index contributed by atoms with van der Waals surface area (Å²) in [5.41, 5.74) is 1.66. The molecule has 21 heavy (non-hydrogen) atoms. The summed E-state index contributed by atoms with van der Waals surface area (Å²) < 4.78 is 7.52. The first-order valence-corrected chi connectivity index (χ1v) is 7.26. The highest BCUT2D eigenvalue weighted by Gasteiger charge is 2.09. The summed E-state index contributed by atoms with van der Waals surface area (Å²) in [5.74, 6) is 0.755. The van der Waals surface area contributed by atoms with Crippen LogP contribution in [0.1, 0.15) is 5.76 Å². The van der Waals surface area contributed by atoms with Crippen LogP contribution in [0.4, 0.5) is 0 Å². The lowest BCUT2D eigenvalue weighted by Gasteiger charge is -1.86. The van der Waals surface area contributed by atoms with Gasteiger partial charge in [0.05, 0.1) is 21.8 Å². The van der Waals surface area contributed by atoms with E-state index in [2.05, 4.69) is 4.98 Å². The van der Waals surface area contributed by atoms with Gasteiger partial charge in [-0.2, -0.15) is 0 Å². The third kappa shape index (κ3) is 1.98. The van der Waals surface area contributed by atoms with Gasteiger partial charge in [-0.05, 0) is 36.4 Å². The zero-order chi connectivity index (χ0) is 14.2. The van der Waals surface area contributed by atoms with Gasteiger partial charge in [0, 0.05) is 0 Å². The van der Waals surface area contributed by atoms with E-state index >= 15 is 0 Å². The van der Waals surface area contributed by atoms with Crippen LogP contribution in [0.25, 0.3) is 28.1 Å². The van der Waals surface area contributed by atoms with Crippen molar-refractivity contribution in [3.05, 3.63) is 69.4 Å². The minimum Gasteiger partial charge on any atom is -0.465 e. The topological polar surface area (TPSA) is 47.5 Å². The van der Waals surface area contributed by atoms with E-state index in [9.17, 15) is 4.79 Å². The van der Waals surface area contributed by atoms with E-state index in [0.717, 1.165) is 21.8 Å². The Labute approximate surface area is 123 Å². The summed E-state index contributed by atoms with van der Waals surface area (Å²) in [7, 11) is 0. The fourth-order valence-corrected chi connectivity index (χ4v) is 3.18. The van der Waals surface area contributed by atoms with Crippen molar-refractivity contribution in [2.24, 2.45) is 0 Å². The molecule has 0 bridgehead atoms. The molecule has 0 saturated heterocycles. The van der Waals surface area contributed by atoms with Crippen molar-refractivity contribution >= 4 is 39.5 Å². The lowest BCUT2D eigenvalue weighted by Crippen LogP contribution is -2.22. The van der Waals surface area contributed by atoms with Crippen molar-refractivity contribution in [1.82, 2.24) is 9.38 Å². The van der Waals surface area contributed by atoms with Crippen molar-refractivity contribution in [1.29, 1.82) is 0 Å². The monoisotopic (exact) mass is 294 g/mol. The van der Waals surface area contributed by atoms with Crippen LogP contribution in [-0.2, 0) is 0 Å². The zero-order valence-electron chi connectivity index (χ0n) is 10.9. The molecule has 1 aromatic carbocycles. The van der Waals surface area contributed by atoms with E-state index in [1.807, 2.05) is 48.6 Å². The number of benzene rings is 1. The Morgan fingerprint density at radius 3 is 2.95 bits per heavy atom. The molecule has 0 radical (unpaired) electrons. The van der Waals surface area contributed by atoms with Crippen molar-refractivity contribution < 1.29 is 4.42 Å². The minimum absolute atomic E-state index is 0.0344. The second-order valence-corrected chi connectivity index (χ2v) is 5.54. The number of hydrogen-bond donors (Lipinski definition) is 0. The van der Waals surface area contributed by atoms with E-state index in [4.69, 9.17) is 4.42 Å². The number of furan rings is 1. The number of thiazole rings is 1. The Morgan fingerprint density at radius 1 is 1.19 bits per heavy atom. The van der Waals surface area contributed by atoms with Gasteiger partial charge in [-0.25, -0.2) is 9.38 Å². The van der Waals surface area contributed by atoms with E-state index < -0.39 is 0 Å². The first-order valence-electron chi connectivity index (χ1n) is 6.45. The Kier molecular flexibility index (Phi) is 2.72. The first kappa shape index (κ1) is 12.1. The summed E-state index contributed by atoms with van der Waals surface area (Å²) in [5, 5.41) is 0. The van der Waals surface area contributed by atoms with E-state index in [1.54, 1.807) is 16.7 Å². The number of allylic oxidation sites excluding steroid dienone is 1. The average Bonchev–Trinajstić information content (AvgIpc) is 3.17. The summed E-state index contributed by atoms with van der Waals surface area (Å²) in [6.07, 6.45) is 7.04. The van der Waals surface area contributed by atoms with Crippen LogP contribution in [0.5, 0.6) is 0 Å². The molecule has 3 heterocycles. The third-order valence-corrected chi connectivity index (χ3v) is 4.18. The second kappa shape index (κ2) is 4.71. The molecule has 0 aliphatic heterocycles. The van der Waals surface area contributed by atoms with Crippen molar-refractivity contribution in [3.63, 3.8) is 0 Å². The lowest BCUT2D eigenvalue weighted by atomic mass is 10.3. The molecular weight excluding hydrogens is 284 g/mol. The minimum atomic E-state index is -0.0344. The standard InChI is InChI=1S/C16H10N2O2S/c19-15-14(9-3-5-11-6-4-10-20-11)21-16-17-12-7-1-2-8-13(12)18(15)16/h1-10H/b5-3+,14-9-. The summed E-state index contributed by atoms with van der Waals surface area (Å²) in [4.78, 5) is 17.6. The maximum atomic E-state index is 12.4. The van der Waals surface area contributed by atoms with Crippen LogP contribution < -0.4 is 10.1 Å². The molecule has 0 amide bonds. The smallest absolute Gasteiger partial charge is 0.274 e. The Hall–Kier alpha value is -2.66. The predicted molar refractivity (Wildman–Crippen MR) is 84.3 cm³/mol. The Bertz CT molecular complexity index is 1060. The molecule has 0 aliphatic carbocycles. The van der Waals surface area contributed by atoms with Gasteiger partial charge >= 0.3 is 0 Å². The van der Waals surface area contributed by atoms with Gasteiger partial charge in [-0.3, -0.25) is 4.79 Å². The molecule has 4 aromatic rings. The molecule has 102 valence electrons. The molecular formula is C16H10N2O2S. The van der Waals surface area contributed by atoms with E-state index in [0.29, 0.717) is 4.53 Å². The Morgan fingerprint density at radius 2 is 2.10 bits per heavy atom. The molecule has 0 N–H and O–H groups in total. The predicted octanol–water partition coefficient (Wildman–Crippen LogP) is 2.72. The SMILES string of the molecule is O=c1/c(=C/C=C/c2ccco2)sc2nc3ccccc3n12. The lowest BCUT2D eigenvalue weighted by molar-refractivity contribution is 0.557. The molecule has 0 atom stereocenters. The highest BCUT2D eigenvalue weighted by atomic mass is 32.1. The number of hydrogen-bond acceptors (Lipinski definition) is 4. The molecule has 3 aromatic heterocycles. The second-order valence-electron chi connectivity index (χ2n) is 4.53. The van der Waals surface area contributed by atoms with Gasteiger partial charge in [0.25, 0.3) is 5.56 Å². The zero-order valence-corrected chi connectivity index (χ0v) is 11.7. The van der Waals surface area contributed by atoms with Gasteiger partial charge < -0.3 is 4.42 Å². The van der Waals surface area contributed by atoms with Gasteiger partial charge in [0.1, 0.15) is 5.76 Å². The van der Waals surface area contributed by atoms with Crippen LogP contribution in [0.3, 0.4) is 0 Å². The molecule has 0 aliphatic rings. The highest BCUT2D eigenvalue weighted by molar-refractivity contribution is 7.15. The third-order valence-electron chi connectivity index (χ3n) is 3.20. The van der Waals surface area contributed by atoms with Crippen molar-refractivity contribution in [3.8, 4) is 0 Å². The van der Waals surface area contributed by atoms with Gasteiger partial charge in [-0.15, -0.1) is 0 Å². The number of rotatable bonds is 2. The summed E-state index contributed by atoms with van der Waals surface area (Å²) in [6.45, 7) is 0. The molecule has 5 heteroatoms. The molecule has 0 spiro atoms. The number of fused-ring (bicyclic) bond motifs is 3.